The molecular weight excluding hydrogens is 300 g/mol. The fourth-order valence-corrected chi connectivity index (χ4v) is 2.03. The quantitative estimate of drug-likeness (QED) is 0.531. The average molecular weight is 314 g/mol. The van der Waals surface area contributed by atoms with Gasteiger partial charge in [-0.3, -0.25) is 14.9 Å². The number of non-ortho nitro benzene ring substituents is 1. The number of hydrogen-bond acceptors (Lipinski definition) is 5. The van der Waals surface area contributed by atoms with Crippen molar-refractivity contribution in [1.82, 2.24) is 0 Å². The molecule has 0 heterocycles. The summed E-state index contributed by atoms with van der Waals surface area (Å²) in [5, 5.41) is 13.3. The van der Waals surface area contributed by atoms with Crippen molar-refractivity contribution in [2.45, 2.75) is 6.92 Å². The molecule has 7 nitrogen and oxygen atoms in total. The van der Waals surface area contributed by atoms with Crippen molar-refractivity contribution in [3.63, 3.8) is 0 Å². The van der Waals surface area contributed by atoms with Crippen molar-refractivity contribution >= 4 is 23.3 Å². The second-order valence-corrected chi connectivity index (χ2v) is 4.73. The predicted octanol–water partition coefficient (Wildman–Crippen LogP) is 2.94. The van der Waals surface area contributed by atoms with Crippen LogP contribution in [0.15, 0.2) is 42.5 Å². The third-order valence-corrected chi connectivity index (χ3v) is 3.33. The van der Waals surface area contributed by atoms with Crippen LogP contribution in [0, 0.1) is 17.0 Å². The minimum Gasteiger partial charge on any atom is -0.465 e. The third-order valence-electron chi connectivity index (χ3n) is 3.33. The summed E-state index contributed by atoms with van der Waals surface area (Å²) in [5.74, 6) is -0.918. The van der Waals surface area contributed by atoms with Crippen molar-refractivity contribution in [1.29, 1.82) is 0 Å². The lowest BCUT2D eigenvalue weighted by Gasteiger charge is -2.11. The molecule has 0 aromatic heterocycles. The number of nitro groups is 1. The zero-order valence-corrected chi connectivity index (χ0v) is 12.5. The van der Waals surface area contributed by atoms with Crippen LogP contribution < -0.4 is 5.32 Å². The zero-order valence-electron chi connectivity index (χ0n) is 12.5. The van der Waals surface area contributed by atoms with Crippen LogP contribution >= 0.6 is 0 Å². The molecule has 23 heavy (non-hydrogen) atoms. The third kappa shape index (κ3) is 3.52. The van der Waals surface area contributed by atoms with Gasteiger partial charge in [-0.1, -0.05) is 6.07 Å². The number of hydrogen-bond donors (Lipinski definition) is 1. The van der Waals surface area contributed by atoms with Crippen molar-refractivity contribution in [2.24, 2.45) is 0 Å². The Bertz CT molecular complexity index is 769. The van der Waals surface area contributed by atoms with Crippen LogP contribution in [0.5, 0.6) is 0 Å². The Balaban J connectivity index is 2.23. The average Bonchev–Trinajstić information content (AvgIpc) is 2.56. The minimum absolute atomic E-state index is 0.0922. The zero-order chi connectivity index (χ0) is 17.0. The van der Waals surface area contributed by atoms with E-state index < -0.39 is 16.8 Å². The molecular formula is C16H14N2O5. The predicted molar refractivity (Wildman–Crippen MR) is 83.6 cm³/mol. The van der Waals surface area contributed by atoms with Crippen molar-refractivity contribution in [2.75, 3.05) is 12.4 Å². The van der Waals surface area contributed by atoms with Crippen LogP contribution in [0.2, 0.25) is 0 Å². The molecule has 0 radical (unpaired) electrons. The summed E-state index contributed by atoms with van der Waals surface area (Å²) < 4.78 is 4.68. The lowest BCUT2D eigenvalue weighted by Crippen LogP contribution is -2.14. The van der Waals surface area contributed by atoms with E-state index in [-0.39, 0.29) is 11.3 Å². The lowest BCUT2D eigenvalue weighted by molar-refractivity contribution is -0.384. The molecule has 118 valence electrons. The summed E-state index contributed by atoms with van der Waals surface area (Å²) in [7, 11) is 1.28. The Morgan fingerprint density at radius 1 is 1.13 bits per heavy atom. The van der Waals surface area contributed by atoms with E-state index in [0.717, 1.165) is 0 Å². The number of amides is 1. The topological polar surface area (TPSA) is 98.5 Å². The Morgan fingerprint density at radius 2 is 1.78 bits per heavy atom. The highest BCUT2D eigenvalue weighted by molar-refractivity contribution is 6.05. The maximum Gasteiger partial charge on any atom is 0.338 e. The van der Waals surface area contributed by atoms with Gasteiger partial charge in [-0.25, -0.2) is 4.79 Å². The summed E-state index contributed by atoms with van der Waals surface area (Å²) in [6, 6.07) is 10.1. The lowest BCUT2D eigenvalue weighted by atomic mass is 10.1. The summed E-state index contributed by atoms with van der Waals surface area (Å²) in [6.07, 6.45) is 0. The van der Waals surface area contributed by atoms with E-state index in [1.54, 1.807) is 25.1 Å². The molecule has 1 N–H and O–H groups in total. The normalized spacial score (nSPS) is 10.0. The van der Waals surface area contributed by atoms with E-state index in [4.69, 9.17) is 0 Å². The largest absolute Gasteiger partial charge is 0.465 e. The Hall–Kier alpha value is -3.22. The molecule has 0 atom stereocenters. The first-order chi connectivity index (χ1) is 10.9. The molecule has 0 aliphatic heterocycles. The number of ether oxygens (including phenoxy) is 1. The minimum atomic E-state index is -0.536. The summed E-state index contributed by atoms with van der Waals surface area (Å²) >= 11 is 0. The van der Waals surface area contributed by atoms with Gasteiger partial charge in [0.25, 0.3) is 11.6 Å². The van der Waals surface area contributed by atoms with Crippen LogP contribution in [-0.2, 0) is 4.74 Å². The highest BCUT2D eigenvalue weighted by Crippen LogP contribution is 2.21. The molecule has 2 aromatic carbocycles. The number of carbonyl (C=O) groups is 2. The van der Waals surface area contributed by atoms with E-state index in [1.165, 1.54) is 31.4 Å². The van der Waals surface area contributed by atoms with E-state index in [0.29, 0.717) is 16.8 Å². The number of benzene rings is 2. The fraction of sp³-hybridized carbons (Fsp3) is 0.125. The molecule has 1 amide bonds. The number of nitro benzene ring substituents is 1. The van der Waals surface area contributed by atoms with Crippen LogP contribution in [0.25, 0.3) is 0 Å². The van der Waals surface area contributed by atoms with Gasteiger partial charge < -0.3 is 10.1 Å². The molecule has 2 rings (SSSR count). The Kier molecular flexibility index (Phi) is 4.70. The SMILES string of the molecule is COC(=O)c1cccc(NC(=O)c2ccc([N+](=O)[O-])cc2)c1C. The number of carbonyl (C=O) groups excluding carboxylic acids is 2. The van der Waals surface area contributed by atoms with Crippen LogP contribution in [0.4, 0.5) is 11.4 Å². The van der Waals surface area contributed by atoms with Gasteiger partial charge in [0, 0.05) is 23.4 Å². The van der Waals surface area contributed by atoms with Crippen LogP contribution in [0.3, 0.4) is 0 Å². The second-order valence-electron chi connectivity index (χ2n) is 4.73. The monoisotopic (exact) mass is 314 g/mol. The number of anilines is 1. The van der Waals surface area contributed by atoms with E-state index in [2.05, 4.69) is 10.1 Å². The first-order valence-corrected chi connectivity index (χ1v) is 6.67. The van der Waals surface area contributed by atoms with Gasteiger partial charge in [0.1, 0.15) is 0 Å². The standard InChI is InChI=1S/C16H14N2O5/c1-10-13(16(20)23-2)4-3-5-14(10)17-15(19)11-6-8-12(9-7-11)18(21)22/h3-9H,1-2H3,(H,17,19). The molecule has 0 aliphatic rings. The van der Waals surface area contributed by atoms with E-state index >= 15 is 0 Å². The molecule has 0 spiro atoms. The number of nitrogens with zero attached hydrogens (tertiary/aromatic N) is 1. The molecule has 0 aliphatic carbocycles. The molecule has 0 saturated carbocycles. The van der Waals surface area contributed by atoms with Crippen LogP contribution in [0.1, 0.15) is 26.3 Å². The summed E-state index contributed by atoms with van der Waals surface area (Å²) in [5.41, 5.74) is 1.59. The first-order valence-electron chi connectivity index (χ1n) is 6.67. The van der Waals surface area contributed by atoms with Crippen molar-refractivity contribution in [3.05, 3.63) is 69.3 Å². The highest BCUT2D eigenvalue weighted by Gasteiger charge is 2.15. The molecule has 0 bridgehead atoms. The van der Waals surface area contributed by atoms with Gasteiger partial charge in [0.05, 0.1) is 17.6 Å². The highest BCUT2D eigenvalue weighted by atomic mass is 16.6. The van der Waals surface area contributed by atoms with Gasteiger partial charge in [0.15, 0.2) is 0 Å². The number of esters is 1. The van der Waals surface area contributed by atoms with Gasteiger partial charge in [0.2, 0.25) is 0 Å². The van der Waals surface area contributed by atoms with Crippen molar-refractivity contribution < 1.29 is 19.2 Å². The summed E-state index contributed by atoms with van der Waals surface area (Å²) in [4.78, 5) is 33.9. The summed E-state index contributed by atoms with van der Waals surface area (Å²) in [6.45, 7) is 1.69. The van der Waals surface area contributed by atoms with Crippen LogP contribution in [-0.4, -0.2) is 23.9 Å². The Labute approximate surface area is 132 Å². The Morgan fingerprint density at radius 3 is 2.35 bits per heavy atom. The fourth-order valence-electron chi connectivity index (χ4n) is 2.03. The maximum absolute atomic E-state index is 12.2. The second kappa shape index (κ2) is 6.69. The van der Waals surface area contributed by atoms with Crippen molar-refractivity contribution in [3.8, 4) is 0 Å². The molecule has 2 aromatic rings. The first kappa shape index (κ1) is 16.2. The molecule has 0 saturated heterocycles. The van der Waals surface area contributed by atoms with Gasteiger partial charge in [-0.05, 0) is 36.8 Å². The maximum atomic E-state index is 12.2. The van der Waals surface area contributed by atoms with E-state index in [9.17, 15) is 19.7 Å². The number of nitrogens with one attached hydrogen (secondary N) is 1. The molecule has 0 unspecified atom stereocenters. The molecule has 7 heteroatoms. The van der Waals surface area contributed by atoms with Gasteiger partial charge >= 0.3 is 5.97 Å². The van der Waals surface area contributed by atoms with Gasteiger partial charge in [-0.2, -0.15) is 0 Å². The van der Waals surface area contributed by atoms with E-state index in [1.807, 2.05) is 0 Å². The van der Waals surface area contributed by atoms with Gasteiger partial charge in [-0.15, -0.1) is 0 Å². The number of methoxy groups -OCH3 is 1. The molecule has 0 fully saturated rings. The number of rotatable bonds is 4. The smallest absolute Gasteiger partial charge is 0.338 e.